The zero-order valence-electron chi connectivity index (χ0n) is 20.4. The predicted molar refractivity (Wildman–Crippen MR) is 140 cm³/mol. The smallest absolute Gasteiger partial charge is 0.256 e. The van der Waals surface area contributed by atoms with Crippen molar-refractivity contribution in [1.29, 1.82) is 0 Å². The number of rotatable bonds is 8. The SMILES string of the molecule is COc1ccc(OC)c([C@@H](Nc2nc(C)cc(C)n2)c2cc(C)sc2NC(=O)c2ccccc2)c1. The van der Waals surface area contributed by atoms with Crippen molar-refractivity contribution in [2.45, 2.75) is 26.8 Å². The Kier molecular flexibility index (Phi) is 7.31. The highest BCUT2D eigenvalue weighted by molar-refractivity contribution is 7.16. The lowest BCUT2D eigenvalue weighted by molar-refractivity contribution is 0.102. The van der Waals surface area contributed by atoms with Gasteiger partial charge in [0.15, 0.2) is 0 Å². The summed E-state index contributed by atoms with van der Waals surface area (Å²) in [5.41, 5.74) is 4.02. The molecule has 1 atom stereocenters. The molecule has 2 heterocycles. The third-order valence-corrected chi connectivity index (χ3v) is 6.44. The summed E-state index contributed by atoms with van der Waals surface area (Å²) >= 11 is 1.52. The van der Waals surface area contributed by atoms with E-state index in [1.807, 2.05) is 63.2 Å². The topological polar surface area (TPSA) is 85.4 Å². The summed E-state index contributed by atoms with van der Waals surface area (Å²) in [6, 6.07) is 18.4. The normalized spacial score (nSPS) is 11.6. The zero-order valence-corrected chi connectivity index (χ0v) is 21.2. The molecule has 1 amide bonds. The van der Waals surface area contributed by atoms with Gasteiger partial charge in [0, 0.05) is 33.0 Å². The van der Waals surface area contributed by atoms with Crippen LogP contribution in [0.1, 0.15) is 43.8 Å². The first-order chi connectivity index (χ1) is 16.9. The van der Waals surface area contributed by atoms with Gasteiger partial charge in [-0.2, -0.15) is 0 Å². The van der Waals surface area contributed by atoms with E-state index in [1.165, 1.54) is 11.3 Å². The van der Waals surface area contributed by atoms with E-state index in [-0.39, 0.29) is 5.91 Å². The Morgan fingerprint density at radius 2 is 1.60 bits per heavy atom. The lowest BCUT2D eigenvalue weighted by atomic mass is 9.98. The van der Waals surface area contributed by atoms with Crippen LogP contribution in [0.25, 0.3) is 0 Å². The Morgan fingerprint density at radius 1 is 0.886 bits per heavy atom. The second-order valence-electron chi connectivity index (χ2n) is 8.12. The number of carbonyl (C=O) groups is 1. The van der Waals surface area contributed by atoms with E-state index < -0.39 is 6.04 Å². The molecule has 0 saturated carbocycles. The molecule has 2 N–H and O–H groups in total. The molecule has 0 radical (unpaired) electrons. The lowest BCUT2D eigenvalue weighted by Gasteiger charge is -2.23. The highest BCUT2D eigenvalue weighted by Gasteiger charge is 2.26. The summed E-state index contributed by atoms with van der Waals surface area (Å²) in [5, 5.41) is 7.32. The molecule has 0 aliphatic rings. The number of carbonyl (C=O) groups excluding carboxylic acids is 1. The molecular formula is C27H28N4O3S. The third kappa shape index (κ3) is 5.60. The average molecular weight is 489 g/mol. The lowest BCUT2D eigenvalue weighted by Crippen LogP contribution is -2.18. The second kappa shape index (κ2) is 10.6. The molecule has 0 fully saturated rings. The van der Waals surface area contributed by atoms with Crippen molar-refractivity contribution >= 4 is 28.2 Å². The van der Waals surface area contributed by atoms with Crippen LogP contribution in [-0.2, 0) is 0 Å². The molecule has 0 saturated heterocycles. The van der Waals surface area contributed by atoms with Crippen LogP contribution in [0.3, 0.4) is 0 Å². The van der Waals surface area contributed by atoms with Crippen LogP contribution >= 0.6 is 11.3 Å². The van der Waals surface area contributed by atoms with Crippen molar-refractivity contribution in [2.75, 3.05) is 24.9 Å². The van der Waals surface area contributed by atoms with Crippen LogP contribution in [0.15, 0.2) is 60.7 Å². The summed E-state index contributed by atoms with van der Waals surface area (Å²) in [6.07, 6.45) is 0. The van der Waals surface area contributed by atoms with Gasteiger partial charge in [-0.05, 0) is 63.2 Å². The Morgan fingerprint density at radius 3 is 2.26 bits per heavy atom. The Balaban J connectivity index is 1.82. The minimum absolute atomic E-state index is 0.173. The van der Waals surface area contributed by atoms with Gasteiger partial charge in [0.05, 0.1) is 20.3 Å². The van der Waals surface area contributed by atoms with E-state index in [9.17, 15) is 4.79 Å². The van der Waals surface area contributed by atoms with Crippen LogP contribution in [0.2, 0.25) is 0 Å². The summed E-state index contributed by atoms with van der Waals surface area (Å²) in [4.78, 5) is 23.2. The molecule has 180 valence electrons. The molecular weight excluding hydrogens is 460 g/mol. The number of aryl methyl sites for hydroxylation is 3. The van der Waals surface area contributed by atoms with Crippen molar-refractivity contribution in [2.24, 2.45) is 0 Å². The Labute approximate surface area is 209 Å². The number of nitrogens with one attached hydrogen (secondary N) is 2. The summed E-state index contributed by atoms with van der Waals surface area (Å²) in [6.45, 7) is 5.88. The van der Waals surface area contributed by atoms with Crippen LogP contribution in [-0.4, -0.2) is 30.1 Å². The number of nitrogens with zero attached hydrogens (tertiary/aromatic N) is 2. The first kappa shape index (κ1) is 24.2. The van der Waals surface area contributed by atoms with Gasteiger partial charge in [-0.3, -0.25) is 4.79 Å². The second-order valence-corrected chi connectivity index (χ2v) is 9.38. The number of aromatic nitrogens is 2. The van der Waals surface area contributed by atoms with Crippen molar-refractivity contribution in [1.82, 2.24) is 9.97 Å². The fourth-order valence-corrected chi connectivity index (χ4v) is 4.86. The zero-order chi connectivity index (χ0) is 24.9. The summed E-state index contributed by atoms with van der Waals surface area (Å²) in [7, 11) is 3.26. The summed E-state index contributed by atoms with van der Waals surface area (Å²) in [5.74, 6) is 1.68. The van der Waals surface area contributed by atoms with Crippen LogP contribution in [0.5, 0.6) is 11.5 Å². The molecule has 0 aliphatic carbocycles. The molecule has 4 rings (SSSR count). The number of hydrogen-bond acceptors (Lipinski definition) is 7. The number of anilines is 2. The number of benzene rings is 2. The highest BCUT2D eigenvalue weighted by Crippen LogP contribution is 2.41. The monoisotopic (exact) mass is 488 g/mol. The van der Waals surface area contributed by atoms with Gasteiger partial charge in [-0.1, -0.05) is 18.2 Å². The quantitative estimate of drug-likeness (QED) is 0.320. The molecule has 0 aliphatic heterocycles. The maximum atomic E-state index is 13.0. The van der Waals surface area contributed by atoms with Gasteiger partial charge in [-0.15, -0.1) is 11.3 Å². The van der Waals surface area contributed by atoms with Gasteiger partial charge in [0.2, 0.25) is 5.95 Å². The molecule has 7 nitrogen and oxygen atoms in total. The maximum absolute atomic E-state index is 13.0. The fourth-order valence-electron chi connectivity index (χ4n) is 3.92. The van der Waals surface area contributed by atoms with Crippen molar-refractivity contribution in [3.63, 3.8) is 0 Å². The third-order valence-electron chi connectivity index (χ3n) is 5.46. The van der Waals surface area contributed by atoms with Gasteiger partial charge >= 0.3 is 0 Å². The molecule has 35 heavy (non-hydrogen) atoms. The van der Waals surface area contributed by atoms with E-state index in [0.29, 0.717) is 23.0 Å². The average Bonchev–Trinajstić information content (AvgIpc) is 3.21. The predicted octanol–water partition coefficient (Wildman–Crippen LogP) is 5.93. The first-order valence-electron chi connectivity index (χ1n) is 11.2. The minimum Gasteiger partial charge on any atom is -0.497 e. The van der Waals surface area contributed by atoms with Crippen molar-refractivity contribution in [3.8, 4) is 11.5 Å². The Hall–Kier alpha value is -3.91. The van der Waals surface area contributed by atoms with E-state index in [0.717, 1.165) is 32.4 Å². The maximum Gasteiger partial charge on any atom is 0.256 e. The van der Waals surface area contributed by atoms with E-state index in [1.54, 1.807) is 26.4 Å². The van der Waals surface area contributed by atoms with Gasteiger partial charge in [-0.25, -0.2) is 9.97 Å². The first-order valence-corrected chi connectivity index (χ1v) is 12.0. The van der Waals surface area contributed by atoms with Crippen LogP contribution < -0.4 is 20.1 Å². The number of methoxy groups -OCH3 is 2. The molecule has 8 heteroatoms. The van der Waals surface area contributed by atoms with Crippen LogP contribution in [0, 0.1) is 20.8 Å². The minimum atomic E-state index is -0.419. The molecule has 0 bridgehead atoms. The van der Waals surface area contributed by atoms with Gasteiger partial charge in [0.1, 0.15) is 16.5 Å². The van der Waals surface area contributed by atoms with Crippen LogP contribution in [0.4, 0.5) is 10.9 Å². The molecule has 0 unspecified atom stereocenters. The Bertz CT molecular complexity index is 1320. The summed E-state index contributed by atoms with van der Waals surface area (Å²) < 4.78 is 11.2. The van der Waals surface area contributed by atoms with E-state index in [4.69, 9.17) is 9.47 Å². The van der Waals surface area contributed by atoms with E-state index >= 15 is 0 Å². The number of ether oxygens (including phenoxy) is 2. The molecule has 0 spiro atoms. The van der Waals surface area contributed by atoms with Gasteiger partial charge < -0.3 is 20.1 Å². The van der Waals surface area contributed by atoms with Crippen molar-refractivity contribution in [3.05, 3.63) is 93.6 Å². The largest absolute Gasteiger partial charge is 0.497 e. The molecule has 2 aromatic heterocycles. The van der Waals surface area contributed by atoms with Gasteiger partial charge in [0.25, 0.3) is 5.91 Å². The molecule has 2 aromatic carbocycles. The molecule has 4 aromatic rings. The fraction of sp³-hybridized carbons (Fsp3) is 0.222. The van der Waals surface area contributed by atoms with Crippen molar-refractivity contribution < 1.29 is 14.3 Å². The number of hydrogen-bond donors (Lipinski definition) is 2. The number of amides is 1. The highest BCUT2D eigenvalue weighted by atomic mass is 32.1. The standard InChI is InChI=1S/C27H28N4O3S/c1-16-13-17(2)29-27(28-16)30-24(21-15-20(33-4)11-12-23(21)34-5)22-14-18(3)35-26(22)31-25(32)19-9-7-6-8-10-19/h6-15,24H,1-5H3,(H,31,32)(H,28,29,30)/t24-/m1/s1. The van der Waals surface area contributed by atoms with E-state index in [2.05, 4.69) is 26.7 Å². The number of thiophene rings is 1.